The number of nitro groups is 1. The number of ether oxygens (including phenoxy) is 2. The molecule has 0 aliphatic carbocycles. The van der Waals surface area contributed by atoms with Gasteiger partial charge in [-0.15, -0.1) is 0 Å². The summed E-state index contributed by atoms with van der Waals surface area (Å²) in [7, 11) is 1.39. The van der Waals surface area contributed by atoms with E-state index in [4.69, 9.17) is 9.47 Å². The first-order valence-corrected chi connectivity index (χ1v) is 9.00. The molecule has 3 aromatic rings. The van der Waals surface area contributed by atoms with Crippen molar-refractivity contribution in [1.82, 2.24) is 0 Å². The molecular formula is C22H20N2O5. The molecule has 1 amide bonds. The molecule has 3 aromatic carbocycles. The second-order valence-corrected chi connectivity index (χ2v) is 6.08. The maximum atomic E-state index is 13.0. The van der Waals surface area contributed by atoms with Gasteiger partial charge in [0, 0.05) is 17.3 Å². The molecule has 29 heavy (non-hydrogen) atoms. The Morgan fingerprint density at radius 2 is 1.72 bits per heavy atom. The van der Waals surface area contributed by atoms with Crippen LogP contribution < -0.4 is 14.8 Å². The molecule has 7 heteroatoms. The number of nitrogens with zero attached hydrogens (tertiary/aromatic N) is 1. The van der Waals surface area contributed by atoms with Crippen molar-refractivity contribution >= 4 is 17.3 Å². The zero-order valence-corrected chi connectivity index (χ0v) is 16.0. The molecule has 0 radical (unpaired) electrons. The Morgan fingerprint density at radius 1 is 1.03 bits per heavy atom. The van der Waals surface area contributed by atoms with Crippen LogP contribution in [0.1, 0.15) is 17.3 Å². The van der Waals surface area contributed by atoms with E-state index in [9.17, 15) is 14.9 Å². The Balaban J connectivity index is 2.02. The Hall–Kier alpha value is -3.87. The van der Waals surface area contributed by atoms with Gasteiger partial charge in [-0.05, 0) is 18.6 Å². The van der Waals surface area contributed by atoms with Crippen LogP contribution in [-0.4, -0.2) is 24.5 Å². The molecule has 0 aliphatic rings. The van der Waals surface area contributed by atoms with Gasteiger partial charge in [-0.25, -0.2) is 0 Å². The lowest BCUT2D eigenvalue weighted by Gasteiger charge is -2.14. The summed E-state index contributed by atoms with van der Waals surface area (Å²) >= 11 is 0. The zero-order chi connectivity index (χ0) is 20.8. The van der Waals surface area contributed by atoms with E-state index >= 15 is 0 Å². The highest BCUT2D eigenvalue weighted by atomic mass is 16.6. The largest absolute Gasteiger partial charge is 0.493 e. The summed E-state index contributed by atoms with van der Waals surface area (Å²) in [6.07, 6.45) is 0. The van der Waals surface area contributed by atoms with E-state index in [0.717, 1.165) is 11.1 Å². The number of nitro benzene ring substituents is 1. The van der Waals surface area contributed by atoms with Crippen LogP contribution in [0.4, 0.5) is 11.4 Å². The van der Waals surface area contributed by atoms with Crippen molar-refractivity contribution < 1.29 is 19.2 Å². The van der Waals surface area contributed by atoms with Gasteiger partial charge < -0.3 is 14.8 Å². The Kier molecular flexibility index (Phi) is 6.09. The van der Waals surface area contributed by atoms with Gasteiger partial charge in [0.2, 0.25) is 0 Å². The van der Waals surface area contributed by atoms with E-state index in [1.54, 1.807) is 19.1 Å². The van der Waals surface area contributed by atoms with Crippen LogP contribution in [0, 0.1) is 10.1 Å². The molecule has 0 atom stereocenters. The molecule has 1 N–H and O–H groups in total. The summed E-state index contributed by atoms with van der Waals surface area (Å²) in [5, 5.41) is 14.3. The number of carbonyl (C=O) groups is 1. The van der Waals surface area contributed by atoms with Gasteiger partial charge in [0.1, 0.15) is 5.56 Å². The predicted octanol–water partition coefficient (Wildman–Crippen LogP) is 4.92. The summed E-state index contributed by atoms with van der Waals surface area (Å²) in [6.45, 7) is 2.10. The van der Waals surface area contributed by atoms with Gasteiger partial charge in [0.05, 0.1) is 24.7 Å². The van der Waals surface area contributed by atoms with E-state index in [1.165, 1.54) is 19.2 Å². The average molecular weight is 392 g/mol. The summed E-state index contributed by atoms with van der Waals surface area (Å²) < 4.78 is 10.6. The van der Waals surface area contributed by atoms with Crippen molar-refractivity contribution in [2.45, 2.75) is 6.92 Å². The van der Waals surface area contributed by atoms with Gasteiger partial charge in [0.25, 0.3) is 11.6 Å². The third kappa shape index (κ3) is 4.35. The Bertz CT molecular complexity index is 1030. The van der Waals surface area contributed by atoms with Gasteiger partial charge in [-0.1, -0.05) is 48.5 Å². The molecule has 0 spiro atoms. The third-order valence-corrected chi connectivity index (χ3v) is 4.28. The van der Waals surface area contributed by atoms with Crippen molar-refractivity contribution in [3.05, 3.63) is 82.4 Å². The normalized spacial score (nSPS) is 10.3. The molecule has 0 fully saturated rings. The minimum Gasteiger partial charge on any atom is -0.493 e. The number of hydrogen-bond donors (Lipinski definition) is 1. The van der Waals surface area contributed by atoms with Crippen LogP contribution in [0.25, 0.3) is 11.1 Å². The number of para-hydroxylation sites is 1. The first-order valence-electron chi connectivity index (χ1n) is 9.00. The topological polar surface area (TPSA) is 90.7 Å². The number of methoxy groups -OCH3 is 1. The SMILES string of the molecule is CCOc1cc(C(=O)Nc2ccccc2-c2ccccc2)c([N+](=O)[O-])cc1OC. The van der Waals surface area contributed by atoms with E-state index in [-0.39, 0.29) is 22.7 Å². The fourth-order valence-electron chi connectivity index (χ4n) is 2.96. The molecular weight excluding hydrogens is 372 g/mol. The second-order valence-electron chi connectivity index (χ2n) is 6.08. The highest BCUT2D eigenvalue weighted by molar-refractivity contribution is 6.09. The quantitative estimate of drug-likeness (QED) is 0.455. The number of rotatable bonds is 7. The minimum atomic E-state index is -0.615. The van der Waals surface area contributed by atoms with Crippen LogP contribution >= 0.6 is 0 Å². The lowest BCUT2D eigenvalue weighted by Crippen LogP contribution is -2.15. The summed E-state index contributed by atoms with van der Waals surface area (Å²) in [5.41, 5.74) is 1.80. The number of carbonyl (C=O) groups excluding carboxylic acids is 1. The van der Waals surface area contributed by atoms with Gasteiger partial charge >= 0.3 is 0 Å². The van der Waals surface area contributed by atoms with Crippen LogP contribution in [0.2, 0.25) is 0 Å². The fourth-order valence-corrected chi connectivity index (χ4v) is 2.96. The van der Waals surface area contributed by atoms with Crippen LogP contribution in [-0.2, 0) is 0 Å². The molecule has 0 aromatic heterocycles. The van der Waals surface area contributed by atoms with Crippen LogP contribution in [0.15, 0.2) is 66.7 Å². The molecule has 0 heterocycles. The fraction of sp³-hybridized carbons (Fsp3) is 0.136. The number of amides is 1. The van der Waals surface area contributed by atoms with Gasteiger partial charge in [-0.3, -0.25) is 14.9 Å². The zero-order valence-electron chi connectivity index (χ0n) is 16.0. The Labute approximate surface area is 168 Å². The van der Waals surface area contributed by atoms with E-state index in [0.29, 0.717) is 12.3 Å². The highest BCUT2D eigenvalue weighted by Crippen LogP contribution is 2.36. The maximum Gasteiger partial charge on any atom is 0.286 e. The number of benzene rings is 3. The van der Waals surface area contributed by atoms with Crippen molar-refractivity contribution in [2.24, 2.45) is 0 Å². The first-order chi connectivity index (χ1) is 14.0. The second kappa shape index (κ2) is 8.88. The monoisotopic (exact) mass is 392 g/mol. The molecule has 0 saturated carbocycles. The maximum absolute atomic E-state index is 13.0. The molecule has 0 aliphatic heterocycles. The molecule has 3 rings (SSSR count). The number of hydrogen-bond acceptors (Lipinski definition) is 5. The predicted molar refractivity (Wildman–Crippen MR) is 111 cm³/mol. The standard InChI is InChI=1S/C22H20N2O5/c1-3-29-21-13-17(19(24(26)27)14-20(21)28-2)22(25)23-18-12-8-7-11-16(18)15-9-5-4-6-10-15/h4-14H,3H2,1-2H3,(H,23,25). The summed E-state index contributed by atoms with van der Waals surface area (Å²) in [4.78, 5) is 23.9. The average Bonchev–Trinajstić information content (AvgIpc) is 2.74. The first kappa shape index (κ1) is 19.9. The summed E-state index contributed by atoms with van der Waals surface area (Å²) in [5.74, 6) is -0.148. The Morgan fingerprint density at radius 3 is 2.38 bits per heavy atom. The minimum absolute atomic E-state index is 0.109. The van der Waals surface area contributed by atoms with Crippen molar-refractivity contribution in [3.8, 4) is 22.6 Å². The van der Waals surface area contributed by atoms with Crippen molar-refractivity contribution in [3.63, 3.8) is 0 Å². The molecule has 148 valence electrons. The van der Waals surface area contributed by atoms with Crippen LogP contribution in [0.5, 0.6) is 11.5 Å². The lowest BCUT2D eigenvalue weighted by atomic mass is 10.0. The number of anilines is 1. The third-order valence-electron chi connectivity index (χ3n) is 4.28. The van der Waals surface area contributed by atoms with Crippen molar-refractivity contribution in [2.75, 3.05) is 19.0 Å². The van der Waals surface area contributed by atoms with Crippen LogP contribution in [0.3, 0.4) is 0 Å². The van der Waals surface area contributed by atoms with Gasteiger partial charge in [-0.2, -0.15) is 0 Å². The molecule has 0 bridgehead atoms. The molecule has 0 saturated heterocycles. The van der Waals surface area contributed by atoms with E-state index in [2.05, 4.69) is 5.32 Å². The lowest BCUT2D eigenvalue weighted by molar-refractivity contribution is -0.385. The number of nitrogens with one attached hydrogen (secondary N) is 1. The van der Waals surface area contributed by atoms with Crippen molar-refractivity contribution in [1.29, 1.82) is 0 Å². The summed E-state index contributed by atoms with van der Waals surface area (Å²) in [6, 6.07) is 19.4. The van der Waals surface area contributed by atoms with E-state index in [1.807, 2.05) is 42.5 Å². The molecule has 7 nitrogen and oxygen atoms in total. The molecule has 0 unspecified atom stereocenters. The van der Waals surface area contributed by atoms with Gasteiger partial charge in [0.15, 0.2) is 11.5 Å². The smallest absolute Gasteiger partial charge is 0.286 e. The highest BCUT2D eigenvalue weighted by Gasteiger charge is 2.25. The van der Waals surface area contributed by atoms with E-state index < -0.39 is 10.8 Å².